The Kier molecular flexibility index (Phi) is 6.18. The Hall–Kier alpha value is -1.88. The standard InChI is InChI=1S/C15H23N3O2/c1-10(2)9-13(12-7-5-4-6-8-12)17-11(3)14(19)18-15(16)20/h4-8,10-11,13,17H,9H2,1-3H3,(H3,16,18,19,20)/t11-,13+/m1/s1. The summed E-state index contributed by atoms with van der Waals surface area (Å²) in [5, 5.41) is 5.34. The second-order valence-corrected chi connectivity index (χ2v) is 5.33. The monoisotopic (exact) mass is 277 g/mol. The Bertz CT molecular complexity index is 446. The largest absolute Gasteiger partial charge is 0.351 e. The fraction of sp³-hybridized carbons (Fsp3) is 0.467. The second-order valence-electron chi connectivity index (χ2n) is 5.33. The SMILES string of the molecule is CC(C)C[C@H](N[C@H](C)C(=O)NC(N)=O)c1ccccc1. The van der Waals surface area contributed by atoms with Crippen molar-refractivity contribution >= 4 is 11.9 Å². The number of urea groups is 1. The van der Waals surface area contributed by atoms with Crippen LogP contribution in [0.5, 0.6) is 0 Å². The first-order valence-corrected chi connectivity index (χ1v) is 6.81. The minimum Gasteiger partial charge on any atom is -0.351 e. The minimum absolute atomic E-state index is 0.0600. The molecule has 0 aliphatic carbocycles. The number of nitrogens with one attached hydrogen (secondary N) is 2. The van der Waals surface area contributed by atoms with Crippen LogP contribution in [-0.2, 0) is 4.79 Å². The fourth-order valence-electron chi connectivity index (χ4n) is 2.06. The van der Waals surface area contributed by atoms with Crippen molar-refractivity contribution in [3.63, 3.8) is 0 Å². The zero-order valence-electron chi connectivity index (χ0n) is 12.2. The molecule has 0 saturated heterocycles. The zero-order chi connectivity index (χ0) is 15.1. The third kappa shape index (κ3) is 5.40. The van der Waals surface area contributed by atoms with E-state index in [-0.39, 0.29) is 6.04 Å². The smallest absolute Gasteiger partial charge is 0.318 e. The van der Waals surface area contributed by atoms with E-state index < -0.39 is 18.0 Å². The molecule has 0 aliphatic rings. The Balaban J connectivity index is 2.75. The first-order valence-electron chi connectivity index (χ1n) is 6.81. The van der Waals surface area contributed by atoms with Crippen LogP contribution in [0.25, 0.3) is 0 Å². The molecule has 1 aromatic carbocycles. The molecule has 5 heteroatoms. The Morgan fingerprint density at radius 1 is 1.15 bits per heavy atom. The van der Waals surface area contributed by atoms with E-state index in [0.29, 0.717) is 5.92 Å². The number of hydrogen-bond donors (Lipinski definition) is 3. The van der Waals surface area contributed by atoms with Crippen molar-refractivity contribution in [3.8, 4) is 0 Å². The third-order valence-corrected chi connectivity index (χ3v) is 3.00. The summed E-state index contributed by atoms with van der Waals surface area (Å²) >= 11 is 0. The van der Waals surface area contributed by atoms with Crippen LogP contribution >= 0.6 is 0 Å². The van der Waals surface area contributed by atoms with Crippen molar-refractivity contribution in [1.29, 1.82) is 0 Å². The number of benzene rings is 1. The Morgan fingerprint density at radius 2 is 1.75 bits per heavy atom. The molecule has 0 aliphatic heterocycles. The molecule has 0 heterocycles. The molecule has 1 rings (SSSR count). The van der Waals surface area contributed by atoms with E-state index in [1.54, 1.807) is 6.92 Å². The third-order valence-electron chi connectivity index (χ3n) is 3.00. The lowest BCUT2D eigenvalue weighted by Gasteiger charge is -2.24. The van der Waals surface area contributed by atoms with Gasteiger partial charge in [-0.1, -0.05) is 44.2 Å². The number of nitrogens with two attached hydrogens (primary N) is 1. The van der Waals surface area contributed by atoms with Gasteiger partial charge < -0.3 is 5.73 Å². The van der Waals surface area contributed by atoms with Crippen LogP contribution in [0.3, 0.4) is 0 Å². The van der Waals surface area contributed by atoms with Crippen molar-refractivity contribution < 1.29 is 9.59 Å². The maximum Gasteiger partial charge on any atom is 0.318 e. The number of carbonyl (C=O) groups excluding carboxylic acids is 2. The fourth-order valence-corrected chi connectivity index (χ4v) is 2.06. The van der Waals surface area contributed by atoms with Crippen molar-refractivity contribution in [2.45, 2.75) is 39.3 Å². The zero-order valence-corrected chi connectivity index (χ0v) is 12.2. The molecular formula is C15H23N3O2. The van der Waals surface area contributed by atoms with Crippen molar-refractivity contribution in [2.75, 3.05) is 0 Å². The average Bonchev–Trinajstić information content (AvgIpc) is 2.37. The second kappa shape index (κ2) is 7.65. The van der Waals surface area contributed by atoms with Gasteiger partial charge in [-0.15, -0.1) is 0 Å². The normalized spacial score (nSPS) is 13.8. The van der Waals surface area contributed by atoms with Crippen LogP contribution in [-0.4, -0.2) is 18.0 Å². The topological polar surface area (TPSA) is 84.2 Å². The number of rotatable bonds is 6. The van der Waals surface area contributed by atoms with Gasteiger partial charge in [0.05, 0.1) is 6.04 Å². The van der Waals surface area contributed by atoms with Crippen LogP contribution in [0.15, 0.2) is 30.3 Å². The van der Waals surface area contributed by atoms with E-state index in [1.165, 1.54) is 0 Å². The number of hydrogen-bond acceptors (Lipinski definition) is 3. The molecule has 0 unspecified atom stereocenters. The van der Waals surface area contributed by atoms with Crippen LogP contribution < -0.4 is 16.4 Å². The molecule has 0 saturated carbocycles. The van der Waals surface area contributed by atoms with Crippen LogP contribution in [0, 0.1) is 5.92 Å². The summed E-state index contributed by atoms with van der Waals surface area (Å²) in [4.78, 5) is 22.4. The summed E-state index contributed by atoms with van der Waals surface area (Å²) in [6.07, 6.45) is 0.901. The van der Waals surface area contributed by atoms with Gasteiger partial charge in [-0.3, -0.25) is 15.4 Å². The molecule has 0 fully saturated rings. The number of carbonyl (C=O) groups is 2. The van der Waals surface area contributed by atoms with Gasteiger partial charge in [0.2, 0.25) is 5.91 Å². The van der Waals surface area contributed by atoms with Gasteiger partial charge in [-0.2, -0.15) is 0 Å². The molecule has 2 atom stereocenters. The molecule has 3 amide bonds. The minimum atomic E-state index is -0.830. The van der Waals surface area contributed by atoms with E-state index in [0.717, 1.165) is 12.0 Å². The van der Waals surface area contributed by atoms with Crippen molar-refractivity contribution in [2.24, 2.45) is 11.7 Å². The van der Waals surface area contributed by atoms with Gasteiger partial charge in [0, 0.05) is 6.04 Å². The molecule has 4 N–H and O–H groups in total. The Morgan fingerprint density at radius 3 is 2.25 bits per heavy atom. The highest BCUT2D eigenvalue weighted by molar-refractivity contribution is 5.96. The summed E-state index contributed by atoms with van der Waals surface area (Å²) in [5.41, 5.74) is 6.08. The summed E-state index contributed by atoms with van der Waals surface area (Å²) in [6, 6.07) is 8.69. The lowest BCUT2D eigenvalue weighted by Crippen LogP contribution is -2.47. The molecule has 0 spiro atoms. The van der Waals surface area contributed by atoms with E-state index in [9.17, 15) is 9.59 Å². The van der Waals surface area contributed by atoms with E-state index in [1.807, 2.05) is 30.3 Å². The lowest BCUT2D eigenvalue weighted by molar-refractivity contribution is -0.121. The van der Waals surface area contributed by atoms with Crippen LogP contribution in [0.2, 0.25) is 0 Å². The molecule has 0 bridgehead atoms. The van der Waals surface area contributed by atoms with Gasteiger partial charge in [0.25, 0.3) is 0 Å². The predicted molar refractivity (Wildman–Crippen MR) is 79.0 cm³/mol. The van der Waals surface area contributed by atoms with Gasteiger partial charge in [-0.25, -0.2) is 4.79 Å². The highest BCUT2D eigenvalue weighted by Crippen LogP contribution is 2.21. The molecule has 110 valence electrons. The number of amides is 3. The molecule has 1 aromatic rings. The van der Waals surface area contributed by atoms with E-state index >= 15 is 0 Å². The van der Waals surface area contributed by atoms with Gasteiger partial charge in [0.15, 0.2) is 0 Å². The van der Waals surface area contributed by atoms with E-state index in [4.69, 9.17) is 5.73 Å². The molecule has 0 aromatic heterocycles. The summed E-state index contributed by atoms with van der Waals surface area (Å²) in [7, 11) is 0. The molecule has 0 radical (unpaired) electrons. The molecule has 5 nitrogen and oxygen atoms in total. The van der Waals surface area contributed by atoms with Gasteiger partial charge in [-0.05, 0) is 24.8 Å². The van der Waals surface area contributed by atoms with Crippen LogP contribution in [0.4, 0.5) is 4.79 Å². The van der Waals surface area contributed by atoms with Crippen molar-refractivity contribution in [3.05, 3.63) is 35.9 Å². The van der Waals surface area contributed by atoms with E-state index in [2.05, 4.69) is 24.5 Å². The van der Waals surface area contributed by atoms with Gasteiger partial charge >= 0.3 is 6.03 Å². The van der Waals surface area contributed by atoms with Gasteiger partial charge in [0.1, 0.15) is 0 Å². The maximum absolute atomic E-state index is 11.7. The number of imide groups is 1. The maximum atomic E-state index is 11.7. The van der Waals surface area contributed by atoms with Crippen LogP contribution in [0.1, 0.15) is 38.8 Å². The summed E-state index contributed by atoms with van der Waals surface area (Å²) in [5.74, 6) is 0.0706. The first-order chi connectivity index (χ1) is 9.40. The quantitative estimate of drug-likeness (QED) is 0.743. The lowest BCUT2D eigenvalue weighted by atomic mass is 9.96. The Labute approximate surface area is 119 Å². The highest BCUT2D eigenvalue weighted by Gasteiger charge is 2.20. The molecule has 20 heavy (non-hydrogen) atoms. The predicted octanol–water partition coefficient (Wildman–Crippen LogP) is 1.95. The summed E-state index contributed by atoms with van der Waals surface area (Å²) in [6.45, 7) is 5.98. The molecular weight excluding hydrogens is 254 g/mol. The highest BCUT2D eigenvalue weighted by atomic mass is 16.2. The number of primary amides is 1. The first kappa shape index (κ1) is 16.2. The average molecular weight is 277 g/mol. The summed E-state index contributed by atoms with van der Waals surface area (Å²) < 4.78 is 0. The van der Waals surface area contributed by atoms with Crippen molar-refractivity contribution in [1.82, 2.24) is 10.6 Å².